The smallest absolute Gasteiger partial charge is 0.309 e. The van der Waals surface area contributed by atoms with Gasteiger partial charge in [0.15, 0.2) is 5.78 Å². The van der Waals surface area contributed by atoms with Crippen molar-refractivity contribution in [1.82, 2.24) is 10.2 Å². The maximum Gasteiger partial charge on any atom is 0.309 e. The van der Waals surface area contributed by atoms with E-state index in [2.05, 4.69) is 58.7 Å². The van der Waals surface area contributed by atoms with E-state index < -0.39 is 22.8 Å². The Hall–Kier alpha value is -2.52. The first kappa shape index (κ1) is 36.8. The van der Waals surface area contributed by atoms with Crippen LogP contribution in [-0.2, 0) is 24.5 Å². The molecule has 8 nitrogen and oxygen atoms in total. The zero-order valence-corrected chi connectivity index (χ0v) is 33.4. The maximum atomic E-state index is 14.1. The van der Waals surface area contributed by atoms with Crippen LogP contribution in [0.3, 0.4) is 0 Å². The number of Topliss-reactive ketones (excluding diaryl/α,β-unsaturated/α-hetero) is 1. The molecule has 0 unspecified atom stereocenters. The third kappa shape index (κ3) is 5.27. The summed E-state index contributed by atoms with van der Waals surface area (Å²) in [4.78, 5) is 39.7. The van der Waals surface area contributed by atoms with E-state index in [1.165, 1.54) is 16.9 Å². The molecule has 0 amide bonds. The number of hydrogen-bond donors (Lipinski definition) is 1. The van der Waals surface area contributed by atoms with Crippen molar-refractivity contribution in [3.63, 3.8) is 0 Å². The number of carboxylic acids is 1. The fourth-order valence-corrected chi connectivity index (χ4v) is 13.6. The highest BCUT2D eigenvalue weighted by Gasteiger charge is 2.71. The van der Waals surface area contributed by atoms with Gasteiger partial charge in [-0.25, -0.2) is 0 Å². The number of carboxylic acid groups (broad SMARTS) is 1. The molecule has 278 valence electrons. The quantitative estimate of drug-likeness (QED) is 0.279. The lowest BCUT2D eigenvalue weighted by Gasteiger charge is -2.72. The van der Waals surface area contributed by atoms with E-state index in [1.807, 2.05) is 12.1 Å². The van der Waals surface area contributed by atoms with Gasteiger partial charge in [-0.2, -0.15) is 0 Å². The molecule has 0 aliphatic heterocycles. The number of esters is 1. The molecule has 7 rings (SSSR count). The van der Waals surface area contributed by atoms with Gasteiger partial charge in [0.25, 0.3) is 5.89 Å². The van der Waals surface area contributed by atoms with Crippen LogP contribution in [0, 0.1) is 50.7 Å². The van der Waals surface area contributed by atoms with Crippen molar-refractivity contribution in [3.05, 3.63) is 33.5 Å². The maximum absolute atomic E-state index is 14.1. The highest BCUT2D eigenvalue weighted by molar-refractivity contribution is 7.19. The van der Waals surface area contributed by atoms with Crippen LogP contribution in [0.25, 0.3) is 10.8 Å². The highest BCUT2D eigenvalue weighted by Crippen LogP contribution is 2.76. The Bertz CT molecular complexity index is 1810. The van der Waals surface area contributed by atoms with Crippen LogP contribution in [-0.4, -0.2) is 39.1 Å². The molecule has 1 N–H and O–H groups in total. The van der Waals surface area contributed by atoms with Gasteiger partial charge >= 0.3 is 11.9 Å². The number of halogens is 1. The summed E-state index contributed by atoms with van der Waals surface area (Å²) in [5.41, 5.74) is 0.374. The number of carbonyl (C=O) groups excluding carboxylic acids is 2. The van der Waals surface area contributed by atoms with Crippen molar-refractivity contribution in [2.75, 3.05) is 0 Å². The van der Waals surface area contributed by atoms with Gasteiger partial charge in [0, 0.05) is 11.8 Å². The van der Waals surface area contributed by atoms with Crippen molar-refractivity contribution in [1.29, 1.82) is 0 Å². The minimum Gasteiger partial charge on any atom is -0.481 e. The zero-order chi connectivity index (χ0) is 37.1. The van der Waals surface area contributed by atoms with E-state index in [1.54, 1.807) is 13.8 Å². The van der Waals surface area contributed by atoms with Crippen LogP contribution >= 0.6 is 22.9 Å². The molecule has 51 heavy (non-hydrogen) atoms. The second-order valence-corrected chi connectivity index (χ2v) is 20.7. The molecule has 10 heteroatoms. The van der Waals surface area contributed by atoms with Gasteiger partial charge in [0.1, 0.15) is 6.10 Å². The topological polar surface area (TPSA) is 120 Å². The van der Waals surface area contributed by atoms with Crippen LogP contribution in [0.15, 0.2) is 27.7 Å². The van der Waals surface area contributed by atoms with Crippen molar-refractivity contribution in [2.45, 2.75) is 138 Å². The van der Waals surface area contributed by atoms with Gasteiger partial charge < -0.3 is 14.3 Å². The van der Waals surface area contributed by atoms with Gasteiger partial charge in [-0.3, -0.25) is 14.4 Å². The van der Waals surface area contributed by atoms with Gasteiger partial charge in [-0.05, 0) is 128 Å². The highest BCUT2D eigenvalue weighted by atomic mass is 35.5. The monoisotopic (exact) mass is 738 g/mol. The second-order valence-electron chi connectivity index (χ2n) is 19.0. The molecule has 4 saturated carbocycles. The van der Waals surface area contributed by atoms with Gasteiger partial charge in [-0.1, -0.05) is 60.1 Å². The van der Waals surface area contributed by atoms with Gasteiger partial charge in [-0.15, -0.1) is 21.5 Å². The number of aromatic nitrogens is 2. The van der Waals surface area contributed by atoms with E-state index in [9.17, 15) is 19.5 Å². The molecule has 5 aliphatic rings. The van der Waals surface area contributed by atoms with Crippen molar-refractivity contribution in [2.24, 2.45) is 50.7 Å². The fraction of sp³-hybridized carbons (Fsp3) is 0.732. The van der Waals surface area contributed by atoms with E-state index in [-0.39, 0.29) is 51.8 Å². The number of nitrogens with zero attached hydrogens (tertiary/aromatic N) is 2. The molecule has 0 saturated heterocycles. The summed E-state index contributed by atoms with van der Waals surface area (Å²) in [6.07, 6.45) is 7.79. The number of ether oxygens (including phenoxy) is 1. The Morgan fingerprint density at radius 2 is 1.73 bits per heavy atom. The number of thiophene rings is 1. The van der Waals surface area contributed by atoms with Gasteiger partial charge in [0.05, 0.1) is 26.5 Å². The molecule has 2 heterocycles. The van der Waals surface area contributed by atoms with Crippen molar-refractivity contribution in [3.8, 4) is 10.8 Å². The number of ketones is 1. The summed E-state index contributed by atoms with van der Waals surface area (Å²) in [6, 6.07) is 3.75. The first-order valence-corrected chi connectivity index (χ1v) is 20.2. The molecule has 2 aromatic heterocycles. The zero-order valence-electron chi connectivity index (χ0n) is 31.8. The SMILES string of the molecule is CC(C)C1=C2[C@H]3CC[C@@H]4[C@@]5(C)CC[C@H](OC(=O)CC(C)(C)C(=O)O)C(C)(C)[C@@H]5CC[C@@]4(C)[C@]3(C)CC[C@@]2(c2nnc(-c3ccc(Cl)s3)o2)CC1=O. The molecular weight excluding hydrogens is 684 g/mol. The minimum atomic E-state index is -1.16. The van der Waals surface area contributed by atoms with Crippen molar-refractivity contribution < 1.29 is 28.6 Å². The Morgan fingerprint density at radius 1 is 1.00 bits per heavy atom. The van der Waals surface area contributed by atoms with E-state index in [0.29, 0.717) is 34.4 Å². The lowest BCUT2D eigenvalue weighted by atomic mass is 9.33. The lowest BCUT2D eigenvalue weighted by Crippen LogP contribution is -2.66. The summed E-state index contributed by atoms with van der Waals surface area (Å²) in [7, 11) is 0. The molecule has 0 spiro atoms. The minimum absolute atomic E-state index is 0.0203. The predicted octanol–water partition coefficient (Wildman–Crippen LogP) is 10.1. The Balaban J connectivity index is 1.21. The van der Waals surface area contributed by atoms with Crippen LogP contribution in [0.2, 0.25) is 4.34 Å². The number of carbonyl (C=O) groups is 3. The standard InChI is InChI=1S/C41H55ClN2O6S/c1-22(2)31-24(45)20-41(34-44-43-33(50-34)25-11-13-29(42)51-25)19-18-39(8)23(32(31)41)10-12-27-38(7)16-15-28(49-30(46)21-36(3,4)35(47)48)37(5,6)26(38)14-17-40(27,39)9/h11,13,22-23,26-28H,10,12,14-21H2,1-9H3,(H,47,48)/t23-,26+,27-,28+,38+,39-,40-,41-/m1/s1. The van der Waals surface area contributed by atoms with Crippen LogP contribution in [0.5, 0.6) is 0 Å². The largest absolute Gasteiger partial charge is 0.481 e. The predicted molar refractivity (Wildman–Crippen MR) is 197 cm³/mol. The second kappa shape index (κ2) is 12.0. The van der Waals surface area contributed by atoms with Gasteiger partial charge in [0.2, 0.25) is 5.89 Å². The number of aliphatic carboxylic acids is 1. The number of fused-ring (bicyclic) bond motifs is 7. The van der Waals surface area contributed by atoms with Crippen LogP contribution < -0.4 is 0 Å². The number of hydrogen-bond acceptors (Lipinski definition) is 8. The summed E-state index contributed by atoms with van der Waals surface area (Å²) in [5, 5.41) is 18.8. The summed E-state index contributed by atoms with van der Waals surface area (Å²) < 4.78 is 13.3. The fourth-order valence-electron chi connectivity index (χ4n) is 12.6. The van der Waals surface area contributed by atoms with E-state index in [0.717, 1.165) is 61.8 Å². The number of rotatable bonds is 7. The summed E-state index contributed by atoms with van der Waals surface area (Å²) in [6.45, 7) is 19.6. The molecule has 2 aromatic rings. The number of allylic oxidation sites excluding steroid dienone is 2. The Kier molecular flexibility index (Phi) is 8.66. The summed E-state index contributed by atoms with van der Waals surface area (Å²) >= 11 is 7.67. The molecule has 0 aromatic carbocycles. The molecule has 8 atom stereocenters. The van der Waals surface area contributed by atoms with Crippen LogP contribution in [0.1, 0.15) is 132 Å². The molecular formula is C41H55ClN2O6S. The third-order valence-corrected chi connectivity index (χ3v) is 16.6. The Morgan fingerprint density at radius 3 is 2.37 bits per heavy atom. The molecule has 0 radical (unpaired) electrons. The van der Waals surface area contributed by atoms with E-state index >= 15 is 0 Å². The average molecular weight is 739 g/mol. The third-order valence-electron chi connectivity index (χ3n) is 15.4. The molecule has 5 aliphatic carbocycles. The first-order chi connectivity index (χ1) is 23.7. The van der Waals surface area contributed by atoms with Crippen LogP contribution in [0.4, 0.5) is 0 Å². The van der Waals surface area contributed by atoms with E-state index in [4.69, 9.17) is 20.8 Å². The Labute approximate surface area is 311 Å². The lowest BCUT2D eigenvalue weighted by molar-refractivity contribution is -0.232. The van der Waals surface area contributed by atoms with Crippen molar-refractivity contribution >= 4 is 40.7 Å². The molecule has 4 fully saturated rings. The normalized spacial score (nSPS) is 37.4. The first-order valence-electron chi connectivity index (χ1n) is 19.0. The average Bonchev–Trinajstić information content (AvgIpc) is 3.76. The summed E-state index contributed by atoms with van der Waals surface area (Å²) in [5.74, 6) is 1.06. The molecule has 0 bridgehead atoms.